The first-order valence-electron chi connectivity index (χ1n) is 7.54. The van der Waals surface area contributed by atoms with Gasteiger partial charge in [0.25, 0.3) is 0 Å². The minimum atomic E-state index is 0.279. The van der Waals surface area contributed by atoms with Gasteiger partial charge in [0.1, 0.15) is 0 Å². The highest BCUT2D eigenvalue weighted by atomic mass is 35.5. The van der Waals surface area contributed by atoms with Gasteiger partial charge in [0.2, 0.25) is 0 Å². The maximum atomic E-state index is 6.11. The van der Waals surface area contributed by atoms with E-state index in [2.05, 4.69) is 17.9 Å². The maximum Gasteiger partial charge on any atom is 0.0731 e. The molecule has 1 aliphatic heterocycles. The van der Waals surface area contributed by atoms with Crippen molar-refractivity contribution >= 4 is 11.6 Å². The Hall–Kier alpha value is -0.610. The number of hydrogen-bond acceptors (Lipinski definition) is 3. The maximum absolute atomic E-state index is 6.11. The van der Waals surface area contributed by atoms with Crippen molar-refractivity contribution in [1.82, 2.24) is 4.90 Å². The van der Waals surface area contributed by atoms with Crippen molar-refractivity contribution in [3.05, 3.63) is 34.3 Å². The normalized spacial score (nSPS) is 28.4. The van der Waals surface area contributed by atoms with E-state index in [4.69, 9.17) is 22.1 Å². The second kappa shape index (κ2) is 6.02. The summed E-state index contributed by atoms with van der Waals surface area (Å²) < 4.78 is 5.91. The van der Waals surface area contributed by atoms with E-state index in [1.165, 1.54) is 30.4 Å². The van der Waals surface area contributed by atoms with Crippen molar-refractivity contribution in [3.8, 4) is 0 Å². The summed E-state index contributed by atoms with van der Waals surface area (Å²) in [7, 11) is 0. The standard InChI is InChI=1S/C16H23ClN2O/c1-11-9-12(17)5-6-13(11)15(10-18)19-7-8-20-16-4-2-3-14(16)19/h5-6,9,14-16H,2-4,7-8,10,18H2,1H3. The molecule has 3 nitrogen and oxygen atoms in total. The molecule has 3 unspecified atom stereocenters. The molecule has 2 fully saturated rings. The van der Waals surface area contributed by atoms with Crippen LogP contribution in [-0.2, 0) is 4.74 Å². The van der Waals surface area contributed by atoms with Crippen LogP contribution in [0.3, 0.4) is 0 Å². The molecule has 1 heterocycles. The lowest BCUT2D eigenvalue weighted by Crippen LogP contribution is -2.51. The Kier molecular flexibility index (Phi) is 4.32. The minimum Gasteiger partial charge on any atom is -0.375 e. The second-order valence-electron chi connectivity index (χ2n) is 5.90. The van der Waals surface area contributed by atoms with E-state index in [1.54, 1.807) is 0 Å². The number of ether oxygens (including phenoxy) is 1. The molecule has 0 spiro atoms. The van der Waals surface area contributed by atoms with Crippen molar-refractivity contribution in [1.29, 1.82) is 0 Å². The van der Waals surface area contributed by atoms with E-state index in [9.17, 15) is 0 Å². The number of nitrogens with zero attached hydrogens (tertiary/aromatic N) is 1. The SMILES string of the molecule is Cc1cc(Cl)ccc1C(CN)N1CCOC2CCCC21. The molecule has 3 rings (SSSR count). The van der Waals surface area contributed by atoms with Crippen molar-refractivity contribution in [3.63, 3.8) is 0 Å². The van der Waals surface area contributed by atoms with Gasteiger partial charge in [-0.2, -0.15) is 0 Å². The molecule has 1 aromatic rings. The van der Waals surface area contributed by atoms with E-state index in [0.29, 0.717) is 18.7 Å². The molecule has 1 aromatic carbocycles. The van der Waals surface area contributed by atoms with Crippen LogP contribution < -0.4 is 5.73 Å². The van der Waals surface area contributed by atoms with Crippen LogP contribution in [0.15, 0.2) is 18.2 Å². The third kappa shape index (κ3) is 2.60. The van der Waals surface area contributed by atoms with E-state index < -0.39 is 0 Å². The fraction of sp³-hybridized carbons (Fsp3) is 0.625. The van der Waals surface area contributed by atoms with Crippen LogP contribution in [0.2, 0.25) is 5.02 Å². The number of aryl methyl sites for hydroxylation is 1. The first-order valence-corrected chi connectivity index (χ1v) is 7.92. The summed E-state index contributed by atoms with van der Waals surface area (Å²) in [6.45, 7) is 4.57. The van der Waals surface area contributed by atoms with Gasteiger partial charge < -0.3 is 10.5 Å². The van der Waals surface area contributed by atoms with Crippen LogP contribution in [0.1, 0.15) is 36.4 Å². The first-order chi connectivity index (χ1) is 9.70. The molecular formula is C16H23ClN2O. The molecule has 20 heavy (non-hydrogen) atoms. The highest BCUT2D eigenvalue weighted by Gasteiger charge is 2.39. The highest BCUT2D eigenvalue weighted by molar-refractivity contribution is 6.30. The van der Waals surface area contributed by atoms with Crippen LogP contribution in [0.5, 0.6) is 0 Å². The van der Waals surface area contributed by atoms with Gasteiger partial charge in [0.05, 0.1) is 12.7 Å². The molecule has 0 radical (unpaired) electrons. The predicted molar refractivity (Wildman–Crippen MR) is 82.1 cm³/mol. The Bertz CT molecular complexity index is 480. The lowest BCUT2D eigenvalue weighted by atomic mass is 9.97. The van der Waals surface area contributed by atoms with Crippen LogP contribution in [-0.4, -0.2) is 36.7 Å². The Morgan fingerprint density at radius 3 is 3.05 bits per heavy atom. The Morgan fingerprint density at radius 2 is 2.30 bits per heavy atom. The summed E-state index contributed by atoms with van der Waals surface area (Å²) in [5.41, 5.74) is 8.65. The molecule has 1 aliphatic carbocycles. The number of halogens is 1. The lowest BCUT2D eigenvalue weighted by Gasteiger charge is -2.42. The van der Waals surface area contributed by atoms with Crippen molar-refractivity contribution in [2.75, 3.05) is 19.7 Å². The Labute approximate surface area is 126 Å². The fourth-order valence-corrected chi connectivity index (χ4v) is 4.02. The smallest absolute Gasteiger partial charge is 0.0731 e. The van der Waals surface area contributed by atoms with Gasteiger partial charge in [-0.25, -0.2) is 0 Å². The number of benzene rings is 1. The monoisotopic (exact) mass is 294 g/mol. The average Bonchev–Trinajstić information content (AvgIpc) is 2.91. The van der Waals surface area contributed by atoms with Crippen molar-refractivity contribution in [2.24, 2.45) is 5.73 Å². The minimum absolute atomic E-state index is 0.279. The van der Waals surface area contributed by atoms with Gasteiger partial charge in [0.15, 0.2) is 0 Å². The zero-order valence-electron chi connectivity index (χ0n) is 12.0. The summed E-state index contributed by atoms with van der Waals surface area (Å²) in [5, 5.41) is 0.794. The van der Waals surface area contributed by atoms with Crippen LogP contribution in [0.25, 0.3) is 0 Å². The lowest BCUT2D eigenvalue weighted by molar-refractivity contribution is -0.0712. The molecule has 2 aliphatic rings. The van der Waals surface area contributed by atoms with E-state index in [0.717, 1.165) is 18.2 Å². The summed E-state index contributed by atoms with van der Waals surface area (Å²) in [5.74, 6) is 0. The van der Waals surface area contributed by atoms with Gasteiger partial charge in [0, 0.05) is 30.2 Å². The highest BCUT2D eigenvalue weighted by Crippen LogP contribution is 2.36. The molecular weight excluding hydrogens is 272 g/mol. The summed E-state index contributed by atoms with van der Waals surface area (Å²) in [6.07, 6.45) is 4.10. The first kappa shape index (κ1) is 14.3. The number of nitrogens with two attached hydrogens (primary N) is 1. The molecule has 0 bridgehead atoms. The van der Waals surface area contributed by atoms with E-state index >= 15 is 0 Å². The molecule has 3 atom stereocenters. The number of hydrogen-bond donors (Lipinski definition) is 1. The molecule has 2 N–H and O–H groups in total. The topological polar surface area (TPSA) is 38.5 Å². The molecule has 0 amide bonds. The summed E-state index contributed by atoms with van der Waals surface area (Å²) in [6, 6.07) is 6.95. The van der Waals surface area contributed by atoms with Gasteiger partial charge in [-0.15, -0.1) is 0 Å². The number of rotatable bonds is 3. The van der Waals surface area contributed by atoms with E-state index in [1.807, 2.05) is 12.1 Å². The molecule has 110 valence electrons. The van der Waals surface area contributed by atoms with Gasteiger partial charge >= 0.3 is 0 Å². The summed E-state index contributed by atoms with van der Waals surface area (Å²) >= 11 is 6.07. The summed E-state index contributed by atoms with van der Waals surface area (Å²) in [4.78, 5) is 2.57. The number of fused-ring (bicyclic) bond motifs is 1. The molecule has 1 saturated heterocycles. The Morgan fingerprint density at radius 1 is 1.45 bits per heavy atom. The predicted octanol–water partition coefficient (Wildman–Crippen LogP) is 2.90. The largest absolute Gasteiger partial charge is 0.375 e. The zero-order valence-corrected chi connectivity index (χ0v) is 12.8. The van der Waals surface area contributed by atoms with Crippen molar-refractivity contribution < 1.29 is 4.74 Å². The average molecular weight is 295 g/mol. The third-order valence-electron chi connectivity index (χ3n) is 4.74. The zero-order chi connectivity index (χ0) is 14.1. The van der Waals surface area contributed by atoms with Crippen molar-refractivity contribution in [2.45, 2.75) is 44.4 Å². The Balaban J connectivity index is 1.88. The van der Waals surface area contributed by atoms with E-state index in [-0.39, 0.29) is 6.04 Å². The van der Waals surface area contributed by atoms with Crippen LogP contribution in [0, 0.1) is 6.92 Å². The van der Waals surface area contributed by atoms with Crippen LogP contribution in [0.4, 0.5) is 0 Å². The molecule has 1 saturated carbocycles. The fourth-order valence-electron chi connectivity index (χ4n) is 3.80. The quantitative estimate of drug-likeness (QED) is 0.931. The van der Waals surface area contributed by atoms with Crippen LogP contribution >= 0.6 is 11.6 Å². The van der Waals surface area contributed by atoms with Gasteiger partial charge in [-0.3, -0.25) is 4.90 Å². The van der Waals surface area contributed by atoms with Gasteiger partial charge in [-0.05, 0) is 49.4 Å². The van der Waals surface area contributed by atoms with Gasteiger partial charge in [-0.1, -0.05) is 17.7 Å². The second-order valence-corrected chi connectivity index (χ2v) is 6.33. The molecule has 4 heteroatoms. The number of morpholine rings is 1. The molecule has 0 aromatic heterocycles. The third-order valence-corrected chi connectivity index (χ3v) is 4.97.